The van der Waals surface area contributed by atoms with Gasteiger partial charge in [0, 0.05) is 5.56 Å². The van der Waals surface area contributed by atoms with Crippen molar-refractivity contribution in [3.8, 4) is 11.5 Å². The minimum Gasteiger partial charge on any atom is -0.457 e. The summed E-state index contributed by atoms with van der Waals surface area (Å²) in [6.45, 7) is 1.47. The number of benzene rings is 2. The van der Waals surface area contributed by atoms with E-state index in [1.54, 1.807) is 6.07 Å². The van der Waals surface area contributed by atoms with Crippen LogP contribution in [0.3, 0.4) is 0 Å². The Morgan fingerprint density at radius 3 is 2.52 bits per heavy atom. The first kappa shape index (κ1) is 14.5. The molecule has 2 aromatic carbocycles. The summed E-state index contributed by atoms with van der Waals surface area (Å²) in [6.07, 6.45) is 5.79. The highest BCUT2D eigenvalue weighted by atomic mass is 19.1. The van der Waals surface area contributed by atoms with Gasteiger partial charge in [-0.15, -0.1) is 0 Å². The van der Waals surface area contributed by atoms with Crippen LogP contribution in [-0.4, -0.2) is 13.2 Å². The molecule has 3 heteroatoms. The fourth-order valence-electron chi connectivity index (χ4n) is 3.38. The number of fused-ring (bicyclic) bond motifs is 1. The average Bonchev–Trinajstić information content (AvgIpc) is 3.10. The Hall–Kier alpha value is -2.13. The van der Waals surface area contributed by atoms with Gasteiger partial charge < -0.3 is 9.47 Å². The summed E-state index contributed by atoms with van der Waals surface area (Å²) >= 11 is 0. The lowest BCUT2D eigenvalue weighted by Gasteiger charge is -2.15. The van der Waals surface area contributed by atoms with Crippen LogP contribution in [0.1, 0.15) is 29.5 Å². The summed E-state index contributed by atoms with van der Waals surface area (Å²) in [4.78, 5) is 0. The van der Waals surface area contributed by atoms with Crippen molar-refractivity contribution < 1.29 is 13.9 Å². The number of halogens is 1. The second kappa shape index (κ2) is 6.17. The van der Waals surface area contributed by atoms with Crippen LogP contribution in [0.5, 0.6) is 11.5 Å². The van der Waals surface area contributed by atoms with Crippen molar-refractivity contribution in [3.63, 3.8) is 0 Å². The molecular formula is C20H19FO2. The van der Waals surface area contributed by atoms with Crippen LogP contribution in [0.2, 0.25) is 0 Å². The Morgan fingerprint density at radius 1 is 0.913 bits per heavy atom. The van der Waals surface area contributed by atoms with Crippen molar-refractivity contribution in [3.05, 3.63) is 65.0 Å². The molecule has 0 atom stereocenters. The van der Waals surface area contributed by atoms with Gasteiger partial charge in [-0.25, -0.2) is 4.39 Å². The molecule has 2 aliphatic rings. The van der Waals surface area contributed by atoms with Crippen LogP contribution in [-0.2, 0) is 17.6 Å². The van der Waals surface area contributed by atoms with E-state index in [1.807, 2.05) is 12.1 Å². The summed E-state index contributed by atoms with van der Waals surface area (Å²) in [6, 6.07) is 11.4. The molecule has 1 aliphatic heterocycles. The molecule has 118 valence electrons. The average molecular weight is 310 g/mol. The molecule has 0 aromatic heterocycles. The predicted molar refractivity (Wildman–Crippen MR) is 88.4 cm³/mol. The molecule has 0 spiro atoms. The quantitative estimate of drug-likeness (QED) is 0.802. The Morgan fingerprint density at radius 2 is 1.74 bits per heavy atom. The van der Waals surface area contributed by atoms with Gasteiger partial charge in [0.15, 0.2) is 0 Å². The maximum Gasteiger partial charge on any atom is 0.131 e. The Bertz CT molecular complexity index is 747. The third kappa shape index (κ3) is 2.89. The maximum atomic E-state index is 13.8. The molecule has 4 rings (SSSR count). The highest BCUT2D eigenvalue weighted by Crippen LogP contribution is 2.35. The topological polar surface area (TPSA) is 18.5 Å². The minimum absolute atomic E-state index is 0.105. The molecule has 0 radical (unpaired) electrons. The van der Waals surface area contributed by atoms with Crippen LogP contribution in [0.15, 0.2) is 42.5 Å². The van der Waals surface area contributed by atoms with Crippen molar-refractivity contribution >= 4 is 5.57 Å². The molecule has 23 heavy (non-hydrogen) atoms. The standard InChI is InChI=1S/C20H19FO2/c21-19-8-9-20(18-3-1-2-17(18)19)23-16-6-4-14(5-7-16)15-10-12-22-13-11-15/h4-10H,1-3,11-13H2. The molecule has 0 amide bonds. The van der Waals surface area contributed by atoms with Crippen LogP contribution in [0.4, 0.5) is 4.39 Å². The fourth-order valence-corrected chi connectivity index (χ4v) is 3.38. The van der Waals surface area contributed by atoms with Gasteiger partial charge in [-0.1, -0.05) is 18.2 Å². The lowest BCUT2D eigenvalue weighted by atomic mass is 10.0. The van der Waals surface area contributed by atoms with E-state index in [0.29, 0.717) is 6.61 Å². The molecule has 0 saturated heterocycles. The molecule has 0 unspecified atom stereocenters. The third-order valence-electron chi connectivity index (χ3n) is 4.60. The SMILES string of the molecule is Fc1ccc(Oc2ccc(C3=CCOCC3)cc2)c2c1CCC2. The molecule has 0 fully saturated rings. The molecule has 1 heterocycles. The lowest BCUT2D eigenvalue weighted by molar-refractivity contribution is 0.161. The van der Waals surface area contributed by atoms with E-state index in [-0.39, 0.29) is 5.82 Å². The molecule has 0 saturated carbocycles. The molecule has 1 aliphatic carbocycles. The van der Waals surface area contributed by atoms with Gasteiger partial charge in [0.05, 0.1) is 13.2 Å². The van der Waals surface area contributed by atoms with Crippen molar-refractivity contribution in [2.24, 2.45) is 0 Å². The second-order valence-corrected chi connectivity index (χ2v) is 6.04. The van der Waals surface area contributed by atoms with E-state index < -0.39 is 0 Å². The summed E-state index contributed by atoms with van der Waals surface area (Å²) in [7, 11) is 0. The molecule has 2 nitrogen and oxygen atoms in total. The van der Waals surface area contributed by atoms with Crippen LogP contribution in [0, 0.1) is 5.82 Å². The Kier molecular flexibility index (Phi) is 3.88. The molecule has 0 N–H and O–H groups in total. The minimum atomic E-state index is -0.105. The van der Waals surface area contributed by atoms with Crippen LogP contribution in [0.25, 0.3) is 5.57 Å². The predicted octanol–water partition coefficient (Wildman–Crippen LogP) is 4.91. The monoisotopic (exact) mass is 310 g/mol. The first-order valence-corrected chi connectivity index (χ1v) is 8.16. The Balaban J connectivity index is 1.56. The fraction of sp³-hybridized carbons (Fsp3) is 0.300. The van der Waals surface area contributed by atoms with Gasteiger partial charge in [0.25, 0.3) is 0 Å². The van der Waals surface area contributed by atoms with Crippen molar-refractivity contribution in [2.75, 3.05) is 13.2 Å². The van der Waals surface area contributed by atoms with Gasteiger partial charge >= 0.3 is 0 Å². The van der Waals surface area contributed by atoms with E-state index in [9.17, 15) is 4.39 Å². The van der Waals surface area contributed by atoms with Gasteiger partial charge in [0.1, 0.15) is 17.3 Å². The number of rotatable bonds is 3. The zero-order chi connectivity index (χ0) is 15.6. The first-order chi connectivity index (χ1) is 11.3. The normalized spacial score (nSPS) is 16.8. The highest BCUT2D eigenvalue weighted by Gasteiger charge is 2.20. The molecule has 2 aromatic rings. The van der Waals surface area contributed by atoms with Gasteiger partial charge in [-0.2, -0.15) is 0 Å². The van der Waals surface area contributed by atoms with Gasteiger partial charge in [-0.3, -0.25) is 0 Å². The van der Waals surface area contributed by atoms with E-state index in [4.69, 9.17) is 9.47 Å². The van der Waals surface area contributed by atoms with Gasteiger partial charge in [-0.05, 0) is 66.6 Å². The van der Waals surface area contributed by atoms with Crippen molar-refractivity contribution in [1.82, 2.24) is 0 Å². The third-order valence-corrected chi connectivity index (χ3v) is 4.60. The zero-order valence-corrected chi connectivity index (χ0v) is 13.0. The molecular weight excluding hydrogens is 291 g/mol. The van der Waals surface area contributed by atoms with Crippen molar-refractivity contribution in [1.29, 1.82) is 0 Å². The van der Waals surface area contributed by atoms with E-state index in [0.717, 1.165) is 54.9 Å². The first-order valence-electron chi connectivity index (χ1n) is 8.16. The molecule has 0 bridgehead atoms. The lowest BCUT2D eigenvalue weighted by Crippen LogP contribution is -2.03. The number of hydrogen-bond donors (Lipinski definition) is 0. The number of hydrogen-bond acceptors (Lipinski definition) is 2. The largest absolute Gasteiger partial charge is 0.457 e. The highest BCUT2D eigenvalue weighted by molar-refractivity contribution is 5.66. The number of ether oxygens (including phenoxy) is 2. The summed E-state index contributed by atoms with van der Waals surface area (Å²) < 4.78 is 25.1. The maximum absolute atomic E-state index is 13.8. The van der Waals surface area contributed by atoms with E-state index in [1.165, 1.54) is 17.2 Å². The smallest absolute Gasteiger partial charge is 0.131 e. The zero-order valence-electron chi connectivity index (χ0n) is 13.0. The van der Waals surface area contributed by atoms with E-state index >= 15 is 0 Å². The van der Waals surface area contributed by atoms with Crippen LogP contribution < -0.4 is 4.74 Å². The van der Waals surface area contributed by atoms with Crippen LogP contribution >= 0.6 is 0 Å². The summed E-state index contributed by atoms with van der Waals surface area (Å²) in [5.41, 5.74) is 4.39. The van der Waals surface area contributed by atoms with E-state index in [2.05, 4.69) is 18.2 Å². The van der Waals surface area contributed by atoms with Crippen molar-refractivity contribution in [2.45, 2.75) is 25.7 Å². The van der Waals surface area contributed by atoms with Gasteiger partial charge in [0.2, 0.25) is 0 Å². The summed E-state index contributed by atoms with van der Waals surface area (Å²) in [5, 5.41) is 0. The second-order valence-electron chi connectivity index (χ2n) is 6.04. The summed E-state index contributed by atoms with van der Waals surface area (Å²) in [5.74, 6) is 1.48. The Labute approximate surface area is 135 Å².